The summed E-state index contributed by atoms with van der Waals surface area (Å²) in [6.45, 7) is 0. The molecule has 4 nitrogen and oxygen atoms in total. The quantitative estimate of drug-likeness (QED) is 0.541. The van der Waals surface area contributed by atoms with E-state index in [1.54, 1.807) is 6.08 Å². The molecule has 0 fully saturated rings. The third-order valence-electron chi connectivity index (χ3n) is 2.27. The lowest BCUT2D eigenvalue weighted by Crippen LogP contribution is -2.16. The third-order valence-corrected chi connectivity index (χ3v) is 2.27. The maximum Gasteiger partial charge on any atom is 0.235 e. The molecule has 0 aromatic heterocycles. The minimum atomic E-state index is 0.782. The molecule has 0 aliphatic carbocycles. The van der Waals surface area contributed by atoms with Crippen molar-refractivity contribution in [3.63, 3.8) is 0 Å². The Labute approximate surface area is 79.2 Å². The number of nitrogens with zero attached hydrogens (tertiary/aromatic N) is 3. The summed E-state index contributed by atoms with van der Waals surface area (Å²) >= 11 is 0. The van der Waals surface area contributed by atoms with Gasteiger partial charge < -0.3 is 0 Å². The fraction of sp³-hybridized carbons (Fsp3) is 0. The number of hydrogen-bond acceptors (Lipinski definition) is 3. The van der Waals surface area contributed by atoms with Crippen LogP contribution in [0.5, 0.6) is 0 Å². The second kappa shape index (κ2) is 2.45. The van der Waals surface area contributed by atoms with Crippen molar-refractivity contribution in [2.45, 2.75) is 0 Å². The van der Waals surface area contributed by atoms with Gasteiger partial charge in [-0.15, -0.1) is 0 Å². The second-order valence-corrected chi connectivity index (χ2v) is 3.11. The lowest BCUT2D eigenvalue weighted by Gasteiger charge is -1.98. The number of nitroso groups, excluding NO2 is 1. The van der Waals surface area contributed by atoms with Gasteiger partial charge in [-0.05, 0) is 12.1 Å². The van der Waals surface area contributed by atoms with Crippen LogP contribution in [0.4, 0.5) is 5.69 Å². The first-order chi connectivity index (χ1) is 6.84. The maximum atomic E-state index is 11.0. The average Bonchev–Trinajstić information content (AvgIpc) is 2.65. The molecular formula is C10H6N3O+. The Hall–Kier alpha value is -2.10. The average molecular weight is 184 g/mol. The highest BCUT2D eigenvalue weighted by molar-refractivity contribution is 5.74. The predicted octanol–water partition coefficient (Wildman–Crippen LogP) is 0.481. The Morgan fingerprint density at radius 2 is 2.21 bits per heavy atom. The molecule has 0 bridgehead atoms. The van der Waals surface area contributed by atoms with Gasteiger partial charge in [0.05, 0.1) is 21.0 Å². The SMILES string of the molecule is O=[N+]1C=Cc2c3c(ccc2=C1)=NC=N3. The molecule has 1 aromatic rings. The van der Waals surface area contributed by atoms with E-state index < -0.39 is 0 Å². The molecule has 2 aliphatic rings. The fourth-order valence-corrected chi connectivity index (χ4v) is 1.62. The van der Waals surface area contributed by atoms with E-state index in [2.05, 4.69) is 9.98 Å². The Balaban J connectivity index is 2.48. The lowest BCUT2D eigenvalue weighted by molar-refractivity contribution is -0.362. The first-order valence-electron chi connectivity index (χ1n) is 4.23. The molecule has 0 atom stereocenters. The molecular weight excluding hydrogens is 178 g/mol. The normalized spacial score (nSPS) is 15.9. The monoisotopic (exact) mass is 184 g/mol. The Bertz CT molecular complexity index is 611. The van der Waals surface area contributed by atoms with E-state index in [1.807, 2.05) is 12.1 Å². The van der Waals surface area contributed by atoms with Crippen LogP contribution in [-0.2, 0) is 0 Å². The maximum absolute atomic E-state index is 11.0. The standard InChI is InChI=1S/C10H6N3O/c14-13-4-3-8-7(5-13)1-2-9-10(8)12-6-11-9/h1-6H/q+1. The van der Waals surface area contributed by atoms with E-state index >= 15 is 0 Å². The molecule has 14 heavy (non-hydrogen) atoms. The second-order valence-electron chi connectivity index (χ2n) is 3.11. The van der Waals surface area contributed by atoms with E-state index in [0.29, 0.717) is 0 Å². The molecule has 0 radical (unpaired) electrons. The van der Waals surface area contributed by atoms with E-state index in [0.717, 1.165) is 26.6 Å². The molecule has 3 rings (SSSR count). The van der Waals surface area contributed by atoms with Crippen LogP contribution < -0.4 is 10.6 Å². The summed E-state index contributed by atoms with van der Waals surface area (Å²) in [5.41, 5.74) is 1.82. The summed E-state index contributed by atoms with van der Waals surface area (Å²) in [6, 6.07) is 3.74. The van der Waals surface area contributed by atoms with Crippen molar-refractivity contribution in [3.05, 3.63) is 39.4 Å². The van der Waals surface area contributed by atoms with Crippen molar-refractivity contribution in [1.82, 2.24) is 0 Å². The van der Waals surface area contributed by atoms with E-state index in [-0.39, 0.29) is 0 Å². The van der Waals surface area contributed by atoms with Gasteiger partial charge in [0.2, 0.25) is 12.4 Å². The number of rotatable bonds is 0. The van der Waals surface area contributed by atoms with Crippen LogP contribution in [0, 0.1) is 4.91 Å². The molecule has 0 saturated carbocycles. The van der Waals surface area contributed by atoms with Gasteiger partial charge in [-0.25, -0.2) is 9.98 Å². The van der Waals surface area contributed by atoms with Gasteiger partial charge in [-0.1, -0.05) is 0 Å². The summed E-state index contributed by atoms with van der Waals surface area (Å²) in [5.74, 6) is 0. The molecule has 0 unspecified atom stereocenters. The van der Waals surface area contributed by atoms with Gasteiger partial charge in [-0.2, -0.15) is 0 Å². The summed E-state index contributed by atoms with van der Waals surface area (Å²) in [7, 11) is 0. The number of hydrogen-bond donors (Lipinski definition) is 0. The first kappa shape index (κ1) is 7.32. The van der Waals surface area contributed by atoms with Gasteiger partial charge in [0.1, 0.15) is 6.34 Å². The van der Waals surface area contributed by atoms with Gasteiger partial charge in [0.25, 0.3) is 0 Å². The number of aliphatic imine (C=N–C) groups is 1. The molecule has 0 spiro atoms. The highest BCUT2D eigenvalue weighted by Gasteiger charge is 2.13. The summed E-state index contributed by atoms with van der Waals surface area (Å²) in [4.78, 5) is 19.3. The molecule has 1 aromatic carbocycles. The smallest absolute Gasteiger partial charge is 0.235 e. The molecule has 0 N–H and O–H groups in total. The van der Waals surface area contributed by atoms with E-state index in [9.17, 15) is 4.91 Å². The zero-order chi connectivity index (χ0) is 9.54. The number of fused-ring (bicyclic) bond motifs is 3. The fourth-order valence-electron chi connectivity index (χ4n) is 1.62. The van der Waals surface area contributed by atoms with Gasteiger partial charge in [0.15, 0.2) is 0 Å². The zero-order valence-electron chi connectivity index (χ0n) is 7.21. The van der Waals surface area contributed by atoms with Crippen LogP contribution in [-0.4, -0.2) is 11.1 Å². The minimum Gasteiger partial charge on any atom is -0.235 e. The van der Waals surface area contributed by atoms with Crippen molar-refractivity contribution in [2.24, 2.45) is 9.98 Å². The third kappa shape index (κ3) is 0.877. The Kier molecular flexibility index (Phi) is 1.28. The van der Waals surface area contributed by atoms with Crippen LogP contribution in [0.25, 0.3) is 12.3 Å². The van der Waals surface area contributed by atoms with Crippen LogP contribution >= 0.6 is 0 Å². The van der Waals surface area contributed by atoms with Crippen LogP contribution in [0.15, 0.2) is 28.3 Å². The molecule has 0 saturated heterocycles. The highest BCUT2D eigenvalue weighted by Crippen LogP contribution is 2.15. The van der Waals surface area contributed by atoms with Crippen LogP contribution in [0.2, 0.25) is 0 Å². The molecule has 0 amide bonds. The predicted molar refractivity (Wildman–Crippen MR) is 52.5 cm³/mol. The largest absolute Gasteiger partial charge is 0.235 e. The van der Waals surface area contributed by atoms with Crippen LogP contribution in [0.1, 0.15) is 5.56 Å². The number of benzene rings is 1. The molecule has 66 valence electrons. The van der Waals surface area contributed by atoms with Gasteiger partial charge in [0, 0.05) is 16.5 Å². The zero-order valence-corrected chi connectivity index (χ0v) is 7.21. The van der Waals surface area contributed by atoms with Gasteiger partial charge >= 0.3 is 0 Å². The van der Waals surface area contributed by atoms with Crippen molar-refractivity contribution < 1.29 is 4.76 Å². The van der Waals surface area contributed by atoms with Crippen molar-refractivity contribution in [1.29, 1.82) is 0 Å². The summed E-state index contributed by atoms with van der Waals surface area (Å²) in [5, 5.41) is 1.75. The summed E-state index contributed by atoms with van der Waals surface area (Å²) in [6.07, 6.45) is 6.29. The molecule has 2 heterocycles. The summed E-state index contributed by atoms with van der Waals surface area (Å²) < 4.78 is 0.782. The van der Waals surface area contributed by atoms with Crippen molar-refractivity contribution in [2.75, 3.05) is 0 Å². The Morgan fingerprint density at radius 3 is 3.14 bits per heavy atom. The van der Waals surface area contributed by atoms with Crippen molar-refractivity contribution in [3.8, 4) is 0 Å². The highest BCUT2D eigenvalue weighted by atomic mass is 16.3. The van der Waals surface area contributed by atoms with Gasteiger partial charge in [-0.3, -0.25) is 0 Å². The first-order valence-corrected chi connectivity index (χ1v) is 4.23. The lowest BCUT2D eigenvalue weighted by atomic mass is 10.1. The van der Waals surface area contributed by atoms with E-state index in [1.165, 1.54) is 18.7 Å². The molecule has 4 heteroatoms. The van der Waals surface area contributed by atoms with Crippen LogP contribution in [0.3, 0.4) is 0 Å². The minimum absolute atomic E-state index is 0.782. The Morgan fingerprint density at radius 1 is 1.29 bits per heavy atom. The van der Waals surface area contributed by atoms with Crippen molar-refractivity contribution >= 4 is 24.3 Å². The topological polar surface area (TPSA) is 44.8 Å². The van der Waals surface area contributed by atoms with E-state index in [4.69, 9.17) is 0 Å². The molecule has 2 aliphatic heterocycles.